The molecule has 0 saturated heterocycles. The summed E-state index contributed by atoms with van der Waals surface area (Å²) in [6, 6.07) is 13.1. The topological polar surface area (TPSA) is 108 Å². The van der Waals surface area contributed by atoms with Gasteiger partial charge in [0.15, 0.2) is 0 Å². The minimum atomic E-state index is -0.831. The first-order chi connectivity index (χ1) is 14.8. The molecular formula is C21H14BrClN4O4. The average Bonchev–Trinajstić information content (AvgIpc) is 3.01. The summed E-state index contributed by atoms with van der Waals surface area (Å²) >= 11 is 9.22. The van der Waals surface area contributed by atoms with E-state index in [-0.39, 0.29) is 11.1 Å². The summed E-state index contributed by atoms with van der Waals surface area (Å²) in [4.78, 5) is 39.8. The number of nitrogens with zero attached hydrogens (tertiary/aromatic N) is 3. The molecule has 3 aromatic rings. The predicted molar refractivity (Wildman–Crippen MR) is 122 cm³/mol. The Morgan fingerprint density at radius 1 is 1.03 bits per heavy atom. The summed E-state index contributed by atoms with van der Waals surface area (Å²) < 4.78 is 1.77. The molecule has 0 unspecified atom stereocenters. The molecule has 0 aliphatic carbocycles. The van der Waals surface area contributed by atoms with E-state index in [2.05, 4.69) is 26.0 Å². The number of anilines is 1. The highest BCUT2D eigenvalue weighted by molar-refractivity contribution is 9.10. The quantitative estimate of drug-likeness (QED) is 0.536. The van der Waals surface area contributed by atoms with E-state index in [1.165, 1.54) is 23.2 Å². The van der Waals surface area contributed by atoms with Crippen molar-refractivity contribution in [3.8, 4) is 11.6 Å². The number of carbonyl (C=O) groups is 1. The minimum absolute atomic E-state index is 0.116. The first-order valence-corrected chi connectivity index (χ1v) is 10.1. The molecule has 10 heteroatoms. The minimum Gasteiger partial charge on any atom is -0.494 e. The third-order valence-corrected chi connectivity index (χ3v) is 5.41. The molecule has 31 heavy (non-hydrogen) atoms. The second-order valence-electron chi connectivity index (χ2n) is 6.65. The van der Waals surface area contributed by atoms with Crippen LogP contribution in [0.5, 0.6) is 5.88 Å². The van der Waals surface area contributed by atoms with Crippen molar-refractivity contribution in [3.05, 3.63) is 90.0 Å². The molecular weight excluding hydrogens is 488 g/mol. The van der Waals surface area contributed by atoms with Gasteiger partial charge in [-0.1, -0.05) is 27.5 Å². The van der Waals surface area contributed by atoms with Crippen LogP contribution >= 0.6 is 27.5 Å². The van der Waals surface area contributed by atoms with Crippen LogP contribution in [0.2, 0.25) is 5.02 Å². The molecule has 0 atom stereocenters. The van der Waals surface area contributed by atoms with Crippen LogP contribution in [-0.2, 0) is 4.79 Å². The molecule has 0 spiro atoms. The number of aromatic amines is 1. The Kier molecular flexibility index (Phi) is 5.38. The average molecular weight is 502 g/mol. The number of aromatic hydroxyl groups is 1. The molecule has 156 valence electrons. The molecule has 0 saturated carbocycles. The summed E-state index contributed by atoms with van der Waals surface area (Å²) in [6.07, 6.45) is 1.22. The van der Waals surface area contributed by atoms with Crippen LogP contribution in [0.25, 0.3) is 11.8 Å². The predicted octanol–water partition coefficient (Wildman–Crippen LogP) is 3.45. The highest BCUT2D eigenvalue weighted by Crippen LogP contribution is 2.27. The first kappa shape index (κ1) is 20.8. The van der Waals surface area contributed by atoms with E-state index < -0.39 is 23.0 Å². The Balaban J connectivity index is 1.81. The maximum atomic E-state index is 12.9. The number of amides is 1. The largest absolute Gasteiger partial charge is 0.494 e. The Bertz CT molecular complexity index is 1370. The molecule has 1 aromatic heterocycles. The Hall–Kier alpha value is -3.43. The van der Waals surface area contributed by atoms with Crippen LogP contribution in [0.15, 0.2) is 73.3 Å². The zero-order valence-electron chi connectivity index (χ0n) is 16.0. The molecule has 4 rings (SSSR count). The van der Waals surface area contributed by atoms with Crippen LogP contribution in [0, 0.1) is 0 Å². The van der Waals surface area contributed by atoms with Gasteiger partial charge in [-0.2, -0.15) is 10.1 Å². The van der Waals surface area contributed by atoms with Crippen LogP contribution < -0.4 is 16.3 Å². The fourth-order valence-electron chi connectivity index (χ4n) is 3.08. The summed E-state index contributed by atoms with van der Waals surface area (Å²) in [5.41, 5.74) is -0.594. The van der Waals surface area contributed by atoms with Gasteiger partial charge in [0.05, 0.1) is 22.7 Å². The molecule has 1 amide bonds. The highest BCUT2D eigenvalue weighted by Gasteiger charge is 2.29. The third kappa shape index (κ3) is 3.85. The van der Waals surface area contributed by atoms with Crippen molar-refractivity contribution in [2.45, 2.75) is 6.92 Å². The fraction of sp³-hybridized carbons (Fsp3) is 0.0476. The van der Waals surface area contributed by atoms with E-state index in [1.807, 2.05) is 0 Å². The Morgan fingerprint density at radius 3 is 2.29 bits per heavy atom. The first-order valence-electron chi connectivity index (χ1n) is 8.98. The number of benzene rings is 2. The van der Waals surface area contributed by atoms with Crippen molar-refractivity contribution in [1.82, 2.24) is 9.55 Å². The van der Waals surface area contributed by atoms with Crippen LogP contribution in [0.4, 0.5) is 5.69 Å². The van der Waals surface area contributed by atoms with Crippen molar-refractivity contribution >= 4 is 50.9 Å². The molecule has 1 aliphatic heterocycles. The van der Waals surface area contributed by atoms with Gasteiger partial charge in [0.2, 0.25) is 5.88 Å². The van der Waals surface area contributed by atoms with Gasteiger partial charge in [-0.15, -0.1) is 0 Å². The fourth-order valence-corrected chi connectivity index (χ4v) is 3.47. The summed E-state index contributed by atoms with van der Waals surface area (Å²) in [7, 11) is 0. The standard InChI is InChI=1S/C21H14BrClN4O4/c1-11-16(20(30)27(25-11)15-6-2-12(22)3-7-15)10-17-18(28)24-21(31)26(19(17)29)14-8-4-13(23)5-9-14/h2-10,29H,1H3,(H,24,28,31)/b16-10+. The molecule has 1 aliphatic rings. The lowest BCUT2D eigenvalue weighted by molar-refractivity contribution is -0.114. The molecule has 8 nitrogen and oxygen atoms in total. The van der Waals surface area contributed by atoms with Gasteiger partial charge in [0.25, 0.3) is 11.5 Å². The van der Waals surface area contributed by atoms with Crippen LogP contribution in [-0.4, -0.2) is 26.3 Å². The van der Waals surface area contributed by atoms with Crippen molar-refractivity contribution in [2.24, 2.45) is 5.10 Å². The van der Waals surface area contributed by atoms with Gasteiger partial charge in [-0.3, -0.25) is 14.6 Å². The maximum Gasteiger partial charge on any atom is 0.335 e. The number of hydrazone groups is 1. The summed E-state index contributed by atoms with van der Waals surface area (Å²) in [5, 5.41) is 16.6. The van der Waals surface area contributed by atoms with Crippen LogP contribution in [0.1, 0.15) is 12.5 Å². The third-order valence-electron chi connectivity index (χ3n) is 4.63. The van der Waals surface area contributed by atoms with Crippen molar-refractivity contribution in [1.29, 1.82) is 0 Å². The number of carbonyl (C=O) groups excluding carboxylic acids is 1. The number of hydrogen-bond donors (Lipinski definition) is 2. The van der Waals surface area contributed by atoms with Gasteiger partial charge in [-0.25, -0.2) is 9.36 Å². The van der Waals surface area contributed by atoms with Gasteiger partial charge >= 0.3 is 5.69 Å². The Morgan fingerprint density at radius 2 is 1.65 bits per heavy atom. The van der Waals surface area contributed by atoms with Crippen molar-refractivity contribution < 1.29 is 9.90 Å². The number of rotatable bonds is 3. The zero-order valence-corrected chi connectivity index (χ0v) is 18.3. The number of hydrogen-bond acceptors (Lipinski definition) is 5. The monoisotopic (exact) mass is 500 g/mol. The van der Waals surface area contributed by atoms with Gasteiger partial charge in [0.1, 0.15) is 5.56 Å². The molecule has 0 bridgehead atoms. The van der Waals surface area contributed by atoms with E-state index in [0.29, 0.717) is 22.1 Å². The van der Waals surface area contributed by atoms with Crippen molar-refractivity contribution in [2.75, 3.05) is 5.01 Å². The lowest BCUT2D eigenvalue weighted by atomic mass is 10.1. The number of aromatic nitrogens is 2. The van der Waals surface area contributed by atoms with Crippen molar-refractivity contribution in [3.63, 3.8) is 0 Å². The second kappa shape index (κ2) is 8.01. The second-order valence-corrected chi connectivity index (χ2v) is 8.00. The SMILES string of the molecule is CC1=NN(c2ccc(Br)cc2)C(=O)/C1=C/c1c(O)n(-c2ccc(Cl)cc2)c(=O)[nH]c1=O. The smallest absolute Gasteiger partial charge is 0.335 e. The lowest BCUT2D eigenvalue weighted by Gasteiger charge is -2.12. The molecule has 2 N–H and O–H groups in total. The molecule has 0 radical (unpaired) electrons. The molecule has 2 aromatic carbocycles. The van der Waals surface area contributed by atoms with Gasteiger partial charge in [0, 0.05) is 9.50 Å². The van der Waals surface area contributed by atoms with E-state index in [4.69, 9.17) is 11.6 Å². The van der Waals surface area contributed by atoms with Crippen LogP contribution in [0.3, 0.4) is 0 Å². The zero-order chi connectivity index (χ0) is 22.3. The van der Waals surface area contributed by atoms with E-state index in [1.54, 1.807) is 43.3 Å². The maximum absolute atomic E-state index is 12.9. The van der Waals surface area contributed by atoms with E-state index in [9.17, 15) is 19.5 Å². The van der Waals surface area contributed by atoms with Gasteiger partial charge in [-0.05, 0) is 61.5 Å². The molecule has 2 heterocycles. The number of halogens is 2. The highest BCUT2D eigenvalue weighted by atomic mass is 79.9. The van der Waals surface area contributed by atoms with E-state index in [0.717, 1.165) is 9.04 Å². The molecule has 0 fully saturated rings. The summed E-state index contributed by atoms with van der Waals surface area (Å²) in [5.74, 6) is -1.07. The summed E-state index contributed by atoms with van der Waals surface area (Å²) in [6.45, 7) is 1.61. The van der Waals surface area contributed by atoms with Gasteiger partial charge < -0.3 is 5.11 Å². The number of H-pyrrole nitrogens is 1. The normalized spacial score (nSPS) is 14.9. The number of nitrogens with one attached hydrogen (secondary N) is 1. The lowest BCUT2D eigenvalue weighted by Crippen LogP contribution is -2.30. The Labute approximate surface area is 188 Å². The van der Waals surface area contributed by atoms with E-state index >= 15 is 0 Å².